The molecule has 1 aliphatic rings. The molecule has 102 valence electrons. The van der Waals surface area contributed by atoms with Crippen molar-refractivity contribution < 1.29 is 9.50 Å². The summed E-state index contributed by atoms with van der Waals surface area (Å²) in [5, 5.41) is 8.69. The van der Waals surface area contributed by atoms with Crippen molar-refractivity contribution in [2.75, 3.05) is 26.2 Å². The summed E-state index contributed by atoms with van der Waals surface area (Å²) in [6.45, 7) is 3.68. The Morgan fingerprint density at radius 3 is 2.44 bits per heavy atom. The molecule has 4 heteroatoms. The second-order valence-electron chi connectivity index (χ2n) is 4.89. The first-order chi connectivity index (χ1) is 8.28. The van der Waals surface area contributed by atoms with Gasteiger partial charge in [0.05, 0.1) is 0 Å². The number of benzene rings is 1. The zero-order valence-electron chi connectivity index (χ0n) is 10.5. The van der Waals surface area contributed by atoms with Gasteiger partial charge in [0, 0.05) is 19.7 Å². The molecule has 0 amide bonds. The summed E-state index contributed by atoms with van der Waals surface area (Å²) in [4.78, 5) is 2.42. The van der Waals surface area contributed by atoms with Gasteiger partial charge < -0.3 is 10.0 Å². The molecule has 1 N–H and O–H groups in total. The monoisotopic (exact) mass is 273 g/mol. The SMILES string of the molecule is Cl.OCCCCN1CC(Cc2ccc(F)cc2)C1. The average molecular weight is 274 g/mol. The molecule has 1 fully saturated rings. The predicted molar refractivity (Wildman–Crippen MR) is 73.6 cm³/mol. The molecular formula is C14H21ClFNO. The third kappa shape index (κ3) is 4.56. The van der Waals surface area contributed by atoms with Crippen LogP contribution in [-0.4, -0.2) is 36.2 Å². The van der Waals surface area contributed by atoms with Crippen LogP contribution in [0.4, 0.5) is 4.39 Å². The highest BCUT2D eigenvalue weighted by atomic mass is 35.5. The lowest BCUT2D eigenvalue weighted by molar-refractivity contribution is 0.0964. The normalized spacial score (nSPS) is 16.1. The Labute approximate surface area is 114 Å². The standard InChI is InChI=1S/C14H20FNO.ClH/c15-14-5-3-12(4-6-14)9-13-10-16(11-13)7-1-2-8-17;/h3-6,13,17H,1-2,7-11H2;1H. The fraction of sp³-hybridized carbons (Fsp3) is 0.571. The number of hydrogen-bond donors (Lipinski definition) is 1. The second-order valence-corrected chi connectivity index (χ2v) is 4.89. The van der Waals surface area contributed by atoms with E-state index in [4.69, 9.17) is 5.11 Å². The maximum atomic E-state index is 12.7. The largest absolute Gasteiger partial charge is 0.396 e. The number of rotatable bonds is 6. The molecule has 0 unspecified atom stereocenters. The van der Waals surface area contributed by atoms with E-state index in [1.54, 1.807) is 0 Å². The molecule has 1 aliphatic heterocycles. The van der Waals surface area contributed by atoms with Gasteiger partial charge in [-0.1, -0.05) is 12.1 Å². The number of halogens is 2. The molecule has 1 saturated heterocycles. The Balaban J connectivity index is 0.00000162. The van der Waals surface area contributed by atoms with E-state index in [2.05, 4.69) is 4.90 Å². The van der Waals surface area contributed by atoms with Crippen molar-refractivity contribution in [1.82, 2.24) is 4.90 Å². The summed E-state index contributed by atoms with van der Waals surface area (Å²) in [7, 11) is 0. The predicted octanol–water partition coefficient (Wildman–Crippen LogP) is 2.49. The summed E-state index contributed by atoms with van der Waals surface area (Å²) in [6, 6.07) is 6.83. The second kappa shape index (κ2) is 7.72. The van der Waals surface area contributed by atoms with Crippen molar-refractivity contribution in [2.24, 2.45) is 5.92 Å². The van der Waals surface area contributed by atoms with Crippen molar-refractivity contribution >= 4 is 12.4 Å². The number of likely N-dealkylation sites (tertiary alicyclic amines) is 1. The number of hydrogen-bond acceptors (Lipinski definition) is 2. The highest BCUT2D eigenvalue weighted by Gasteiger charge is 2.25. The molecule has 1 aromatic carbocycles. The van der Waals surface area contributed by atoms with Crippen LogP contribution in [0.1, 0.15) is 18.4 Å². The Hall–Kier alpha value is -0.640. The molecule has 18 heavy (non-hydrogen) atoms. The number of nitrogens with zero attached hydrogens (tertiary/aromatic N) is 1. The summed E-state index contributed by atoms with van der Waals surface area (Å²) in [5.41, 5.74) is 1.23. The van der Waals surface area contributed by atoms with Gasteiger partial charge in [-0.05, 0) is 49.4 Å². The first-order valence-corrected chi connectivity index (χ1v) is 6.35. The van der Waals surface area contributed by atoms with Gasteiger partial charge in [-0.2, -0.15) is 0 Å². The van der Waals surface area contributed by atoms with E-state index in [0.717, 1.165) is 44.8 Å². The van der Waals surface area contributed by atoms with E-state index in [-0.39, 0.29) is 18.2 Å². The Kier molecular flexibility index (Phi) is 6.61. The van der Waals surface area contributed by atoms with E-state index < -0.39 is 0 Å². The maximum Gasteiger partial charge on any atom is 0.123 e. The molecule has 0 aromatic heterocycles. The summed E-state index contributed by atoms with van der Waals surface area (Å²) in [6.07, 6.45) is 3.04. The summed E-state index contributed by atoms with van der Waals surface area (Å²) < 4.78 is 12.7. The smallest absolute Gasteiger partial charge is 0.123 e. The first-order valence-electron chi connectivity index (χ1n) is 6.35. The zero-order chi connectivity index (χ0) is 12.1. The lowest BCUT2D eigenvalue weighted by atomic mass is 9.92. The van der Waals surface area contributed by atoms with E-state index in [1.165, 1.54) is 17.7 Å². The minimum atomic E-state index is -0.159. The van der Waals surface area contributed by atoms with Crippen LogP contribution in [0.15, 0.2) is 24.3 Å². The van der Waals surface area contributed by atoms with Crippen molar-refractivity contribution in [2.45, 2.75) is 19.3 Å². The molecule has 0 aliphatic carbocycles. The van der Waals surface area contributed by atoms with Gasteiger partial charge in [-0.25, -0.2) is 4.39 Å². The van der Waals surface area contributed by atoms with Gasteiger partial charge in [0.15, 0.2) is 0 Å². The van der Waals surface area contributed by atoms with Crippen LogP contribution in [0.2, 0.25) is 0 Å². The van der Waals surface area contributed by atoms with Gasteiger partial charge in [0.2, 0.25) is 0 Å². The van der Waals surface area contributed by atoms with Crippen LogP contribution in [0.3, 0.4) is 0 Å². The van der Waals surface area contributed by atoms with Crippen LogP contribution in [-0.2, 0) is 6.42 Å². The number of aliphatic hydroxyl groups excluding tert-OH is 1. The molecule has 2 rings (SSSR count). The highest BCUT2D eigenvalue weighted by Crippen LogP contribution is 2.20. The minimum Gasteiger partial charge on any atom is -0.396 e. The summed E-state index contributed by atoms with van der Waals surface area (Å²) in [5.74, 6) is 0.558. The molecule has 1 aromatic rings. The summed E-state index contributed by atoms with van der Waals surface area (Å²) >= 11 is 0. The number of unbranched alkanes of at least 4 members (excludes halogenated alkanes) is 1. The molecule has 0 bridgehead atoms. The Morgan fingerprint density at radius 2 is 1.83 bits per heavy atom. The number of aliphatic hydroxyl groups is 1. The third-order valence-electron chi connectivity index (χ3n) is 3.35. The molecule has 0 spiro atoms. The minimum absolute atomic E-state index is 0. The molecule has 0 atom stereocenters. The molecule has 0 radical (unpaired) electrons. The van der Waals surface area contributed by atoms with Crippen LogP contribution in [0.25, 0.3) is 0 Å². The first kappa shape index (κ1) is 15.4. The van der Waals surface area contributed by atoms with E-state index >= 15 is 0 Å². The average Bonchev–Trinajstić information content (AvgIpc) is 2.28. The Bertz CT molecular complexity index is 338. The van der Waals surface area contributed by atoms with Gasteiger partial charge in [0.1, 0.15) is 5.82 Å². The molecule has 2 nitrogen and oxygen atoms in total. The fourth-order valence-corrected chi connectivity index (χ4v) is 2.39. The van der Waals surface area contributed by atoms with Crippen molar-refractivity contribution in [3.63, 3.8) is 0 Å². The van der Waals surface area contributed by atoms with Crippen LogP contribution >= 0.6 is 12.4 Å². The van der Waals surface area contributed by atoms with E-state index in [9.17, 15) is 4.39 Å². The van der Waals surface area contributed by atoms with Crippen LogP contribution in [0, 0.1) is 11.7 Å². The fourth-order valence-electron chi connectivity index (χ4n) is 2.39. The lowest BCUT2D eigenvalue weighted by Crippen LogP contribution is -2.47. The van der Waals surface area contributed by atoms with Gasteiger partial charge in [0.25, 0.3) is 0 Å². The van der Waals surface area contributed by atoms with Crippen molar-refractivity contribution in [3.8, 4) is 0 Å². The van der Waals surface area contributed by atoms with Crippen molar-refractivity contribution in [1.29, 1.82) is 0 Å². The van der Waals surface area contributed by atoms with Gasteiger partial charge in [-0.3, -0.25) is 0 Å². The van der Waals surface area contributed by atoms with Gasteiger partial charge >= 0.3 is 0 Å². The quantitative estimate of drug-likeness (QED) is 0.805. The maximum absolute atomic E-state index is 12.7. The Morgan fingerprint density at radius 1 is 1.17 bits per heavy atom. The van der Waals surface area contributed by atoms with E-state index in [1.807, 2.05) is 12.1 Å². The highest BCUT2D eigenvalue weighted by molar-refractivity contribution is 5.85. The third-order valence-corrected chi connectivity index (χ3v) is 3.35. The van der Waals surface area contributed by atoms with Crippen LogP contribution in [0.5, 0.6) is 0 Å². The molecule has 1 heterocycles. The van der Waals surface area contributed by atoms with Crippen molar-refractivity contribution in [3.05, 3.63) is 35.6 Å². The lowest BCUT2D eigenvalue weighted by Gasteiger charge is -2.39. The van der Waals surface area contributed by atoms with Crippen LogP contribution < -0.4 is 0 Å². The topological polar surface area (TPSA) is 23.5 Å². The van der Waals surface area contributed by atoms with Gasteiger partial charge in [-0.15, -0.1) is 12.4 Å². The zero-order valence-corrected chi connectivity index (χ0v) is 11.3. The van der Waals surface area contributed by atoms with E-state index in [0.29, 0.717) is 6.61 Å². The molecule has 0 saturated carbocycles. The molecular weight excluding hydrogens is 253 g/mol.